The number of likely N-dealkylation sites (tertiary alicyclic amines) is 1. The molecule has 0 aromatic rings. The monoisotopic (exact) mass is 268 g/mol. The Morgan fingerprint density at radius 1 is 1.00 bits per heavy atom. The van der Waals surface area contributed by atoms with Gasteiger partial charge in [-0.1, -0.05) is 51.9 Å². The second-order valence-corrected chi connectivity index (χ2v) is 5.71. The van der Waals surface area contributed by atoms with Crippen molar-refractivity contribution >= 4 is 5.91 Å². The van der Waals surface area contributed by atoms with E-state index in [2.05, 4.69) is 12.2 Å². The Kier molecular flexibility index (Phi) is 9.78. The molecule has 0 atom stereocenters. The lowest BCUT2D eigenvalue weighted by molar-refractivity contribution is -0.127. The van der Waals surface area contributed by atoms with Crippen LogP contribution >= 0.6 is 0 Å². The minimum atomic E-state index is 0.342. The molecule has 0 spiro atoms. The third kappa shape index (κ3) is 8.25. The maximum absolute atomic E-state index is 11.4. The fourth-order valence-electron chi connectivity index (χ4n) is 2.66. The average Bonchev–Trinajstić information content (AvgIpc) is 2.82. The van der Waals surface area contributed by atoms with Gasteiger partial charge >= 0.3 is 0 Å². The molecule has 1 fully saturated rings. The summed E-state index contributed by atoms with van der Waals surface area (Å²) in [5.74, 6) is 0.342. The van der Waals surface area contributed by atoms with Crippen molar-refractivity contribution in [1.29, 1.82) is 0 Å². The van der Waals surface area contributed by atoms with Gasteiger partial charge in [0.25, 0.3) is 0 Å². The lowest BCUT2D eigenvalue weighted by Crippen LogP contribution is -2.33. The Morgan fingerprint density at radius 2 is 1.68 bits per heavy atom. The molecule has 0 unspecified atom stereocenters. The van der Waals surface area contributed by atoms with Gasteiger partial charge in [-0.05, 0) is 19.4 Å². The SMILES string of the molecule is CCCCCCCCCCNCCN1CCCC1=O. The van der Waals surface area contributed by atoms with Crippen LogP contribution in [0.3, 0.4) is 0 Å². The van der Waals surface area contributed by atoms with Gasteiger partial charge in [0.1, 0.15) is 0 Å². The molecule has 0 radical (unpaired) electrons. The second-order valence-electron chi connectivity index (χ2n) is 5.71. The third-order valence-corrected chi connectivity index (χ3v) is 3.94. The summed E-state index contributed by atoms with van der Waals surface area (Å²) in [6.07, 6.45) is 12.8. The van der Waals surface area contributed by atoms with Gasteiger partial charge in [0.15, 0.2) is 0 Å². The number of hydrogen-bond donors (Lipinski definition) is 1. The predicted molar refractivity (Wildman–Crippen MR) is 81.3 cm³/mol. The molecular formula is C16H32N2O. The number of unbranched alkanes of at least 4 members (excludes halogenated alkanes) is 7. The first-order valence-corrected chi connectivity index (χ1v) is 8.33. The van der Waals surface area contributed by atoms with E-state index in [-0.39, 0.29) is 0 Å². The molecular weight excluding hydrogens is 236 g/mol. The number of carbonyl (C=O) groups excluding carboxylic acids is 1. The van der Waals surface area contributed by atoms with Crippen LogP contribution in [0.25, 0.3) is 0 Å². The maximum atomic E-state index is 11.4. The van der Waals surface area contributed by atoms with E-state index in [9.17, 15) is 4.79 Å². The van der Waals surface area contributed by atoms with Crippen LogP contribution in [0.2, 0.25) is 0 Å². The molecule has 0 aliphatic carbocycles. The Labute approximate surface area is 119 Å². The zero-order valence-electron chi connectivity index (χ0n) is 12.8. The number of nitrogens with one attached hydrogen (secondary N) is 1. The molecule has 112 valence electrons. The fourth-order valence-corrected chi connectivity index (χ4v) is 2.66. The van der Waals surface area contributed by atoms with Crippen molar-refractivity contribution in [2.24, 2.45) is 0 Å². The van der Waals surface area contributed by atoms with Crippen LogP contribution in [0.5, 0.6) is 0 Å². The van der Waals surface area contributed by atoms with E-state index >= 15 is 0 Å². The topological polar surface area (TPSA) is 32.3 Å². The smallest absolute Gasteiger partial charge is 0.222 e. The van der Waals surface area contributed by atoms with Crippen molar-refractivity contribution in [1.82, 2.24) is 10.2 Å². The Hall–Kier alpha value is -0.570. The van der Waals surface area contributed by atoms with Gasteiger partial charge in [-0.25, -0.2) is 0 Å². The highest BCUT2D eigenvalue weighted by molar-refractivity contribution is 5.78. The summed E-state index contributed by atoms with van der Waals surface area (Å²) < 4.78 is 0. The fraction of sp³-hybridized carbons (Fsp3) is 0.938. The van der Waals surface area contributed by atoms with Crippen molar-refractivity contribution in [2.75, 3.05) is 26.2 Å². The highest BCUT2D eigenvalue weighted by Crippen LogP contribution is 2.09. The average molecular weight is 268 g/mol. The summed E-state index contributed by atoms with van der Waals surface area (Å²) in [6, 6.07) is 0. The van der Waals surface area contributed by atoms with Crippen molar-refractivity contribution in [3.05, 3.63) is 0 Å². The number of carbonyl (C=O) groups is 1. The number of nitrogens with zero attached hydrogens (tertiary/aromatic N) is 1. The highest BCUT2D eigenvalue weighted by atomic mass is 16.2. The molecule has 1 saturated heterocycles. The molecule has 3 nitrogen and oxygen atoms in total. The lowest BCUT2D eigenvalue weighted by atomic mass is 10.1. The molecule has 1 rings (SSSR count). The summed E-state index contributed by atoms with van der Waals surface area (Å²) in [5.41, 5.74) is 0. The van der Waals surface area contributed by atoms with Crippen molar-refractivity contribution in [3.63, 3.8) is 0 Å². The molecule has 1 amide bonds. The lowest BCUT2D eigenvalue weighted by Gasteiger charge is -2.15. The molecule has 1 aliphatic rings. The summed E-state index contributed by atoms with van der Waals surface area (Å²) in [5, 5.41) is 3.45. The molecule has 0 bridgehead atoms. The molecule has 1 aliphatic heterocycles. The number of hydrogen-bond acceptors (Lipinski definition) is 2. The van der Waals surface area contributed by atoms with E-state index in [1.807, 2.05) is 4.90 Å². The van der Waals surface area contributed by atoms with Gasteiger partial charge in [-0.2, -0.15) is 0 Å². The second kappa shape index (κ2) is 11.3. The number of rotatable bonds is 12. The minimum Gasteiger partial charge on any atom is -0.341 e. The molecule has 0 aromatic heterocycles. The van der Waals surface area contributed by atoms with Gasteiger partial charge in [0.2, 0.25) is 5.91 Å². The van der Waals surface area contributed by atoms with E-state index in [0.717, 1.165) is 39.0 Å². The summed E-state index contributed by atoms with van der Waals surface area (Å²) >= 11 is 0. The van der Waals surface area contributed by atoms with Crippen LogP contribution in [0.1, 0.15) is 71.1 Å². The van der Waals surface area contributed by atoms with E-state index in [1.165, 1.54) is 51.4 Å². The highest BCUT2D eigenvalue weighted by Gasteiger charge is 2.18. The standard InChI is InChI=1S/C16H32N2O/c1-2-3-4-5-6-7-8-9-12-17-13-15-18-14-10-11-16(18)19/h17H,2-15H2,1H3. The van der Waals surface area contributed by atoms with Gasteiger partial charge in [0.05, 0.1) is 0 Å². The van der Waals surface area contributed by atoms with Crippen LogP contribution in [-0.4, -0.2) is 37.0 Å². The normalized spacial score (nSPS) is 15.4. The Balaban J connectivity index is 1.75. The minimum absolute atomic E-state index is 0.342. The molecule has 19 heavy (non-hydrogen) atoms. The van der Waals surface area contributed by atoms with Crippen LogP contribution in [0.4, 0.5) is 0 Å². The van der Waals surface area contributed by atoms with Gasteiger partial charge < -0.3 is 10.2 Å². The first-order valence-electron chi connectivity index (χ1n) is 8.33. The largest absolute Gasteiger partial charge is 0.341 e. The zero-order valence-corrected chi connectivity index (χ0v) is 12.8. The van der Waals surface area contributed by atoms with E-state index in [1.54, 1.807) is 0 Å². The van der Waals surface area contributed by atoms with Crippen LogP contribution in [-0.2, 0) is 4.79 Å². The third-order valence-electron chi connectivity index (χ3n) is 3.94. The molecule has 1 N–H and O–H groups in total. The summed E-state index contributed by atoms with van der Waals surface area (Å²) in [6.45, 7) is 6.20. The zero-order chi connectivity index (χ0) is 13.8. The van der Waals surface area contributed by atoms with E-state index in [4.69, 9.17) is 0 Å². The molecule has 0 saturated carbocycles. The van der Waals surface area contributed by atoms with Gasteiger partial charge in [-0.15, -0.1) is 0 Å². The quantitative estimate of drug-likeness (QED) is 0.551. The van der Waals surface area contributed by atoms with E-state index < -0.39 is 0 Å². The Morgan fingerprint density at radius 3 is 2.32 bits per heavy atom. The Bertz CT molecular complexity index is 231. The van der Waals surface area contributed by atoms with Gasteiger partial charge in [0, 0.05) is 26.1 Å². The van der Waals surface area contributed by atoms with Gasteiger partial charge in [-0.3, -0.25) is 4.79 Å². The van der Waals surface area contributed by atoms with Crippen molar-refractivity contribution in [2.45, 2.75) is 71.1 Å². The van der Waals surface area contributed by atoms with Crippen LogP contribution in [0.15, 0.2) is 0 Å². The van der Waals surface area contributed by atoms with Crippen molar-refractivity contribution in [3.8, 4) is 0 Å². The first kappa shape index (κ1) is 16.5. The van der Waals surface area contributed by atoms with E-state index in [0.29, 0.717) is 5.91 Å². The number of amides is 1. The summed E-state index contributed by atoms with van der Waals surface area (Å²) in [7, 11) is 0. The van der Waals surface area contributed by atoms with Crippen LogP contribution < -0.4 is 5.32 Å². The van der Waals surface area contributed by atoms with Crippen LogP contribution in [0, 0.1) is 0 Å². The maximum Gasteiger partial charge on any atom is 0.222 e. The molecule has 3 heteroatoms. The molecule has 1 heterocycles. The first-order chi connectivity index (χ1) is 9.34. The predicted octanol–water partition coefficient (Wildman–Crippen LogP) is 3.34. The van der Waals surface area contributed by atoms with Crippen molar-refractivity contribution < 1.29 is 4.79 Å². The summed E-state index contributed by atoms with van der Waals surface area (Å²) in [4.78, 5) is 13.4. The molecule has 0 aromatic carbocycles.